The van der Waals surface area contributed by atoms with E-state index in [1.54, 1.807) is 31.3 Å². The van der Waals surface area contributed by atoms with Crippen molar-refractivity contribution in [2.75, 3.05) is 17.4 Å². The Balaban J connectivity index is 1.61. The van der Waals surface area contributed by atoms with E-state index in [4.69, 9.17) is 20.9 Å². The number of carbonyl (C=O) groups excluding carboxylic acids is 2. The Labute approximate surface area is 184 Å². The minimum Gasteiger partial charge on any atom is -0.459 e. The number of amides is 3. The van der Waals surface area contributed by atoms with E-state index >= 15 is 0 Å². The van der Waals surface area contributed by atoms with Gasteiger partial charge in [-0.2, -0.15) is 5.10 Å². The van der Waals surface area contributed by atoms with Crippen molar-refractivity contribution < 1.29 is 19.1 Å². The second-order valence-electron chi connectivity index (χ2n) is 7.01. The molecule has 0 fully saturated rings. The number of nitrogens with two attached hydrogens (primary N) is 2. The third-order valence-corrected chi connectivity index (χ3v) is 4.91. The third-order valence-electron chi connectivity index (χ3n) is 4.91. The van der Waals surface area contributed by atoms with E-state index in [2.05, 4.69) is 10.4 Å². The van der Waals surface area contributed by atoms with Gasteiger partial charge in [-0.05, 0) is 17.7 Å². The van der Waals surface area contributed by atoms with Crippen LogP contribution in [0.2, 0.25) is 0 Å². The van der Waals surface area contributed by atoms with Crippen LogP contribution in [0.4, 0.5) is 16.3 Å². The normalized spacial score (nSPS) is 12.5. The molecule has 10 heteroatoms. The number of ether oxygens (including phenoxy) is 2. The number of rotatable bonds is 6. The number of aromatic nitrogens is 2. The van der Waals surface area contributed by atoms with Crippen LogP contribution >= 0.6 is 0 Å². The molecule has 2 aromatic carbocycles. The minimum absolute atomic E-state index is 0.0189. The first kappa shape index (κ1) is 20.8. The van der Waals surface area contributed by atoms with Gasteiger partial charge in [-0.3, -0.25) is 9.48 Å². The number of nitrogens with one attached hydrogen (secondary N) is 1. The summed E-state index contributed by atoms with van der Waals surface area (Å²) in [4.78, 5) is 26.2. The molecule has 1 aromatic heterocycles. The Bertz CT molecular complexity index is 1170. The van der Waals surface area contributed by atoms with Crippen LogP contribution in [0.15, 0.2) is 66.7 Å². The molecular formula is C22H22N6O4. The van der Waals surface area contributed by atoms with Gasteiger partial charge < -0.3 is 26.3 Å². The molecule has 3 aromatic rings. The first-order chi connectivity index (χ1) is 15.5. The van der Waals surface area contributed by atoms with Gasteiger partial charge in [0.05, 0.1) is 5.69 Å². The number of primary amides is 1. The predicted molar refractivity (Wildman–Crippen MR) is 118 cm³/mol. The summed E-state index contributed by atoms with van der Waals surface area (Å²) in [6, 6.07) is 16.0. The molecule has 1 aliphatic heterocycles. The Morgan fingerprint density at radius 3 is 2.50 bits per heavy atom. The SMILES string of the molecule is Cn1nc(-c2ccc(N(C(=O)NCc3ccccc3)C3=COCO3)cc2)c(C(N)=O)c1N. The molecule has 2 heterocycles. The number of anilines is 2. The van der Waals surface area contributed by atoms with E-state index in [1.807, 2.05) is 30.3 Å². The summed E-state index contributed by atoms with van der Waals surface area (Å²) in [7, 11) is 1.63. The van der Waals surface area contributed by atoms with Crippen molar-refractivity contribution >= 4 is 23.4 Å². The number of hydrogen-bond acceptors (Lipinski definition) is 6. The van der Waals surface area contributed by atoms with Gasteiger partial charge in [-0.25, -0.2) is 9.69 Å². The number of benzene rings is 2. The Morgan fingerprint density at radius 1 is 1.16 bits per heavy atom. The van der Waals surface area contributed by atoms with Crippen LogP contribution in [-0.4, -0.2) is 28.5 Å². The van der Waals surface area contributed by atoms with Crippen LogP contribution in [0.1, 0.15) is 15.9 Å². The van der Waals surface area contributed by atoms with Gasteiger partial charge in [0.1, 0.15) is 23.3 Å². The van der Waals surface area contributed by atoms with Crippen LogP contribution in [0.3, 0.4) is 0 Å². The molecule has 0 bridgehead atoms. The number of carbonyl (C=O) groups is 2. The van der Waals surface area contributed by atoms with E-state index in [1.165, 1.54) is 15.8 Å². The fraction of sp³-hybridized carbons (Fsp3) is 0.136. The van der Waals surface area contributed by atoms with Crippen LogP contribution in [0.5, 0.6) is 0 Å². The molecular weight excluding hydrogens is 412 g/mol. The van der Waals surface area contributed by atoms with E-state index in [0.29, 0.717) is 23.5 Å². The fourth-order valence-electron chi connectivity index (χ4n) is 3.30. The first-order valence-corrected chi connectivity index (χ1v) is 9.75. The van der Waals surface area contributed by atoms with Crippen molar-refractivity contribution in [2.45, 2.75) is 6.54 Å². The summed E-state index contributed by atoms with van der Waals surface area (Å²) >= 11 is 0. The summed E-state index contributed by atoms with van der Waals surface area (Å²) in [6.07, 6.45) is 1.38. The van der Waals surface area contributed by atoms with Crippen molar-refractivity contribution in [1.29, 1.82) is 0 Å². The zero-order chi connectivity index (χ0) is 22.7. The van der Waals surface area contributed by atoms with Crippen LogP contribution < -0.4 is 21.7 Å². The van der Waals surface area contributed by atoms with Crippen molar-refractivity contribution in [2.24, 2.45) is 12.8 Å². The topological polar surface area (TPSA) is 138 Å². The average molecular weight is 434 g/mol. The zero-order valence-corrected chi connectivity index (χ0v) is 17.3. The van der Waals surface area contributed by atoms with E-state index < -0.39 is 11.9 Å². The molecule has 1 aliphatic rings. The highest BCUT2D eigenvalue weighted by Gasteiger charge is 2.26. The quantitative estimate of drug-likeness (QED) is 0.544. The van der Waals surface area contributed by atoms with Crippen molar-refractivity contribution in [1.82, 2.24) is 15.1 Å². The maximum absolute atomic E-state index is 13.0. The molecule has 0 spiro atoms. The molecule has 0 saturated carbocycles. The maximum atomic E-state index is 13.0. The highest BCUT2D eigenvalue weighted by Crippen LogP contribution is 2.30. The van der Waals surface area contributed by atoms with Gasteiger partial charge in [-0.15, -0.1) is 0 Å². The lowest BCUT2D eigenvalue weighted by Crippen LogP contribution is -2.39. The Hall–Kier alpha value is -4.47. The van der Waals surface area contributed by atoms with Crippen LogP contribution in [0, 0.1) is 0 Å². The van der Waals surface area contributed by atoms with Gasteiger partial charge >= 0.3 is 6.03 Å². The Kier molecular flexibility index (Phi) is 5.67. The number of urea groups is 1. The second-order valence-corrected chi connectivity index (χ2v) is 7.01. The predicted octanol–water partition coefficient (Wildman–Crippen LogP) is 2.29. The number of aryl methyl sites for hydroxylation is 1. The molecule has 10 nitrogen and oxygen atoms in total. The van der Waals surface area contributed by atoms with E-state index in [9.17, 15) is 9.59 Å². The molecule has 164 valence electrons. The molecule has 0 aliphatic carbocycles. The standard InChI is InChI=1S/C22H22N6O4/c1-27-20(23)18(21(24)29)19(26-27)15-7-9-16(10-8-15)28(17-12-31-13-32-17)22(30)25-11-14-5-3-2-4-6-14/h2-10,12H,11,13,23H2,1H3,(H2,24,29)(H,25,30). The molecule has 0 radical (unpaired) electrons. The van der Waals surface area contributed by atoms with Gasteiger partial charge in [-0.1, -0.05) is 42.5 Å². The lowest BCUT2D eigenvalue weighted by Gasteiger charge is -2.22. The smallest absolute Gasteiger partial charge is 0.329 e. The maximum Gasteiger partial charge on any atom is 0.329 e. The second kappa shape index (κ2) is 8.72. The number of nitrogens with zero attached hydrogens (tertiary/aromatic N) is 3. The van der Waals surface area contributed by atoms with Crippen molar-refractivity contribution in [3.8, 4) is 11.3 Å². The molecule has 0 atom stereocenters. The molecule has 5 N–H and O–H groups in total. The van der Waals surface area contributed by atoms with Gasteiger partial charge in [0.2, 0.25) is 12.7 Å². The highest BCUT2D eigenvalue weighted by atomic mass is 16.7. The van der Waals surface area contributed by atoms with Gasteiger partial charge in [0, 0.05) is 19.2 Å². The average Bonchev–Trinajstić information content (AvgIpc) is 3.42. The Morgan fingerprint density at radius 2 is 1.88 bits per heavy atom. The molecule has 0 unspecified atom stereocenters. The largest absolute Gasteiger partial charge is 0.459 e. The summed E-state index contributed by atoms with van der Waals surface area (Å²) < 4.78 is 12.0. The third kappa shape index (κ3) is 4.06. The van der Waals surface area contributed by atoms with Gasteiger partial charge in [0.15, 0.2) is 0 Å². The number of nitrogen functional groups attached to an aromatic ring is 1. The lowest BCUT2D eigenvalue weighted by atomic mass is 10.1. The fourth-order valence-corrected chi connectivity index (χ4v) is 3.30. The lowest BCUT2D eigenvalue weighted by molar-refractivity contribution is 0.0792. The minimum atomic E-state index is -0.668. The monoisotopic (exact) mass is 434 g/mol. The first-order valence-electron chi connectivity index (χ1n) is 9.75. The summed E-state index contributed by atoms with van der Waals surface area (Å²) in [5.41, 5.74) is 14.0. The summed E-state index contributed by atoms with van der Waals surface area (Å²) in [5.74, 6) is -0.235. The van der Waals surface area contributed by atoms with Crippen molar-refractivity contribution in [3.05, 3.63) is 77.9 Å². The zero-order valence-electron chi connectivity index (χ0n) is 17.3. The molecule has 32 heavy (non-hydrogen) atoms. The molecule has 0 saturated heterocycles. The van der Waals surface area contributed by atoms with Crippen LogP contribution in [0.25, 0.3) is 11.3 Å². The molecule has 3 amide bonds. The van der Waals surface area contributed by atoms with Crippen molar-refractivity contribution in [3.63, 3.8) is 0 Å². The van der Waals surface area contributed by atoms with Gasteiger partial charge in [0.25, 0.3) is 5.91 Å². The molecule has 4 rings (SSSR count). The summed E-state index contributed by atoms with van der Waals surface area (Å²) in [6.45, 7) is 0.364. The van der Waals surface area contributed by atoms with E-state index in [0.717, 1.165) is 5.56 Å². The number of hydrogen-bond donors (Lipinski definition) is 3. The van der Waals surface area contributed by atoms with E-state index in [-0.39, 0.29) is 24.1 Å². The summed E-state index contributed by atoms with van der Waals surface area (Å²) in [5, 5.41) is 7.17. The van der Waals surface area contributed by atoms with Crippen LogP contribution in [-0.2, 0) is 23.1 Å². The highest BCUT2D eigenvalue weighted by molar-refractivity contribution is 6.03.